The molecule has 0 saturated heterocycles. The van der Waals surface area contributed by atoms with Gasteiger partial charge in [-0.15, -0.1) is 10.1 Å². The van der Waals surface area contributed by atoms with Crippen LogP contribution in [0.5, 0.6) is 0 Å². The zero-order chi connectivity index (χ0) is 3.58. The van der Waals surface area contributed by atoms with Crippen molar-refractivity contribution >= 4 is 0 Å². The van der Waals surface area contributed by atoms with Gasteiger partial charge in [-0.05, 0) is 0 Å². The first kappa shape index (κ1) is 141. The van der Waals surface area contributed by atoms with E-state index in [0.29, 0.717) is 0 Å². The Labute approximate surface area is 75.0 Å². The van der Waals surface area contributed by atoms with Crippen LogP contribution in [0.15, 0.2) is 0 Å². The molecule has 10 nitrogen and oxygen atoms in total. The maximum Gasteiger partial charge on any atom is 0.291 e. The van der Waals surface area contributed by atoms with Crippen LogP contribution in [0.2, 0.25) is 0 Å². The fraction of sp³-hybridized carbons (Fsp3) is 0. The van der Waals surface area contributed by atoms with E-state index in [1.165, 1.54) is 0 Å². The second-order valence-electron chi connectivity index (χ2n) is 0.238. The number of hydrogen-bond acceptors (Lipinski definition) is 2. The molecule has 0 aromatic carbocycles. The average Bonchev–Trinajstić information content (AvgIpc) is 0.811. The Morgan fingerprint density at radius 3 is 0.909 bits per heavy atom. The van der Waals surface area contributed by atoms with Crippen molar-refractivity contribution in [1.29, 1.82) is 0 Å². The van der Waals surface area contributed by atoms with E-state index in [1.54, 1.807) is 0 Å². The topological polar surface area (TPSA) is 252 Å². The predicted octanol–water partition coefficient (Wildman–Crippen LogP) is -5.30. The fourth-order valence-corrected chi connectivity index (χ4v) is 0. The molecule has 13 N–H and O–H groups in total. The van der Waals surface area contributed by atoms with Crippen molar-refractivity contribution in [1.82, 2.24) is 0 Å². The van der Waals surface area contributed by atoms with Crippen LogP contribution in [0.3, 0.4) is 0 Å². The molecule has 0 aliphatic heterocycles. The zero-order valence-corrected chi connectivity index (χ0v) is 7.30. The minimum absolute atomic E-state index is 0. The molecule has 11 heavy (non-hydrogen) atoms. The number of hydrogen-bond donors (Lipinski definition) is 1. The van der Waals surface area contributed by atoms with E-state index in [0.717, 1.165) is 0 Å². The largest absolute Gasteiger partial charge is 0.412 e. The molecule has 0 aromatic rings. The Morgan fingerprint density at radius 2 is 0.909 bits per heavy atom. The summed E-state index contributed by atoms with van der Waals surface area (Å²) in [6.45, 7) is 0. The Bertz CT molecular complexity index is 32.5. The molecule has 0 rings (SSSR count). The van der Waals surface area contributed by atoms with Crippen molar-refractivity contribution < 1.29 is 64.2 Å². The minimum Gasteiger partial charge on any atom is -0.412 e. The molecular weight excluding hydrogens is 353 g/mol. The fourth-order valence-electron chi connectivity index (χ4n) is 0. The predicted molar refractivity (Wildman–Crippen MR) is 30.5 cm³/mol. The summed E-state index contributed by atoms with van der Waals surface area (Å²) in [6.07, 6.45) is 0. The van der Waals surface area contributed by atoms with Crippen LogP contribution in [0.1, 0.15) is 0 Å². The smallest absolute Gasteiger partial charge is 0.291 e. The van der Waals surface area contributed by atoms with Crippen LogP contribution in [0, 0.1) is 10.1 Å². The van der Waals surface area contributed by atoms with Crippen molar-refractivity contribution in [2.24, 2.45) is 0 Å². The molecule has 0 unspecified atom stereocenters. The van der Waals surface area contributed by atoms with Gasteiger partial charge in [0.1, 0.15) is 0 Å². The standard InChI is InChI=1S/HNO3.6H2O.Pt/c2-1(3)4;;;;;;;/h(H,2,3,4);6*1H2;. The summed E-state index contributed by atoms with van der Waals surface area (Å²) in [6, 6.07) is 0. The molecular formula is H13NO9Pt. The third-order valence-electron chi connectivity index (χ3n) is 0. The molecule has 0 atom stereocenters. The monoisotopic (exact) mass is 366 g/mol. The van der Waals surface area contributed by atoms with Crippen LogP contribution in [0.25, 0.3) is 0 Å². The van der Waals surface area contributed by atoms with Crippen LogP contribution in [-0.2, 0) is 21.1 Å². The van der Waals surface area contributed by atoms with E-state index in [1.807, 2.05) is 0 Å². The van der Waals surface area contributed by atoms with E-state index in [2.05, 4.69) is 0 Å². The first-order valence-electron chi connectivity index (χ1n) is 0.565. The summed E-state index contributed by atoms with van der Waals surface area (Å²) in [4.78, 5) is 8.36. The van der Waals surface area contributed by atoms with Crippen LogP contribution in [-0.4, -0.2) is 43.2 Å². The first-order chi connectivity index (χ1) is 1.73. The second-order valence-corrected chi connectivity index (χ2v) is 0.238. The molecule has 0 heterocycles. The Balaban J connectivity index is -0.00000000214. The maximum atomic E-state index is 8.36. The van der Waals surface area contributed by atoms with Crippen molar-refractivity contribution in [3.63, 3.8) is 0 Å². The van der Waals surface area contributed by atoms with Crippen molar-refractivity contribution in [3.05, 3.63) is 10.1 Å². The third kappa shape index (κ3) is 4560. The molecule has 0 aliphatic carbocycles. The summed E-state index contributed by atoms with van der Waals surface area (Å²) in [7, 11) is 0. The van der Waals surface area contributed by atoms with Gasteiger partial charge in [0.2, 0.25) is 0 Å². The average molecular weight is 366 g/mol. The Hall–Kier alpha value is -0.352. The van der Waals surface area contributed by atoms with Gasteiger partial charge in [-0.25, -0.2) is 0 Å². The van der Waals surface area contributed by atoms with Crippen LogP contribution < -0.4 is 0 Å². The summed E-state index contributed by atoms with van der Waals surface area (Å²) in [5.41, 5.74) is 0. The number of rotatable bonds is 0. The van der Waals surface area contributed by atoms with E-state index >= 15 is 0 Å². The van der Waals surface area contributed by atoms with Crippen molar-refractivity contribution in [3.8, 4) is 0 Å². The summed E-state index contributed by atoms with van der Waals surface area (Å²) in [5.74, 6) is 0. The number of nitrogens with zero attached hydrogens (tertiary/aromatic N) is 1. The van der Waals surface area contributed by atoms with Crippen LogP contribution in [0.4, 0.5) is 0 Å². The molecule has 0 amide bonds. The van der Waals surface area contributed by atoms with Gasteiger partial charge in [-0.3, -0.25) is 0 Å². The van der Waals surface area contributed by atoms with Gasteiger partial charge in [0, 0.05) is 21.1 Å². The zero-order valence-electron chi connectivity index (χ0n) is 5.03. The van der Waals surface area contributed by atoms with Gasteiger partial charge in [0.05, 0.1) is 0 Å². The third-order valence-corrected chi connectivity index (χ3v) is 0. The molecule has 0 aromatic heterocycles. The van der Waals surface area contributed by atoms with Gasteiger partial charge in [0.15, 0.2) is 0 Å². The Morgan fingerprint density at radius 1 is 0.909 bits per heavy atom. The molecule has 82 valence electrons. The molecule has 0 spiro atoms. The summed E-state index contributed by atoms with van der Waals surface area (Å²) in [5, 5.41) is 13.6. The molecule has 0 aliphatic rings. The first-order valence-corrected chi connectivity index (χ1v) is 0.565. The Kier molecular flexibility index (Phi) is 1320. The molecule has 0 fully saturated rings. The van der Waals surface area contributed by atoms with E-state index < -0.39 is 5.09 Å². The van der Waals surface area contributed by atoms with Gasteiger partial charge >= 0.3 is 0 Å². The van der Waals surface area contributed by atoms with Crippen LogP contribution >= 0.6 is 0 Å². The van der Waals surface area contributed by atoms with Gasteiger partial charge in [-0.2, -0.15) is 0 Å². The normalized spacial score (nSPS) is 2.18. The molecule has 0 radical (unpaired) electrons. The van der Waals surface area contributed by atoms with Gasteiger partial charge in [0.25, 0.3) is 5.09 Å². The second kappa shape index (κ2) is 103. The molecule has 0 saturated carbocycles. The molecule has 0 bridgehead atoms. The van der Waals surface area contributed by atoms with Gasteiger partial charge < -0.3 is 38.1 Å². The maximum absolute atomic E-state index is 8.36. The van der Waals surface area contributed by atoms with E-state index in [-0.39, 0.29) is 53.9 Å². The minimum atomic E-state index is -1.50. The van der Waals surface area contributed by atoms with Crippen molar-refractivity contribution in [2.75, 3.05) is 0 Å². The molecule has 11 heteroatoms. The van der Waals surface area contributed by atoms with E-state index in [4.69, 9.17) is 15.3 Å². The SMILES string of the molecule is O.O.O.O.O.O.O=[N+]([O-])O.[Pt]. The van der Waals surface area contributed by atoms with E-state index in [9.17, 15) is 0 Å². The van der Waals surface area contributed by atoms with Crippen molar-refractivity contribution in [2.45, 2.75) is 0 Å². The summed E-state index contributed by atoms with van der Waals surface area (Å²) >= 11 is 0. The summed E-state index contributed by atoms with van der Waals surface area (Å²) < 4.78 is 0. The van der Waals surface area contributed by atoms with Gasteiger partial charge in [-0.1, -0.05) is 0 Å². The quantitative estimate of drug-likeness (QED) is 0.326.